The summed E-state index contributed by atoms with van der Waals surface area (Å²) in [7, 11) is 3.10. The summed E-state index contributed by atoms with van der Waals surface area (Å²) in [6.07, 6.45) is 2.27. The molecule has 4 aromatic rings. The third kappa shape index (κ3) is 3.29. The molecule has 0 bridgehead atoms. The summed E-state index contributed by atoms with van der Waals surface area (Å²) in [5, 5.41) is 3.79. The summed E-state index contributed by atoms with van der Waals surface area (Å²) in [4.78, 5) is 25.2. The number of hydrogen-bond donors (Lipinski definition) is 2. The maximum Gasteiger partial charge on any atom is 0.342 e. The number of hydrogen-bond acceptors (Lipinski definition) is 7. The van der Waals surface area contributed by atoms with Crippen LogP contribution in [0.15, 0.2) is 42.6 Å². The van der Waals surface area contributed by atoms with Gasteiger partial charge >= 0.3 is 5.97 Å². The Morgan fingerprint density at radius 2 is 2.03 bits per heavy atom. The highest BCUT2D eigenvalue weighted by Gasteiger charge is 2.30. The third-order valence-electron chi connectivity index (χ3n) is 5.33. The summed E-state index contributed by atoms with van der Waals surface area (Å²) in [6.45, 7) is 0.314. The van der Waals surface area contributed by atoms with Crippen molar-refractivity contribution in [1.82, 2.24) is 15.0 Å². The fraction of sp³-hybridized carbons (Fsp3) is 0.174. The molecule has 8 nitrogen and oxygen atoms in total. The van der Waals surface area contributed by atoms with Crippen molar-refractivity contribution in [1.29, 1.82) is 0 Å². The Balaban J connectivity index is 1.76. The van der Waals surface area contributed by atoms with E-state index in [1.165, 1.54) is 0 Å². The van der Waals surface area contributed by atoms with Crippen LogP contribution in [0.5, 0.6) is 11.6 Å². The van der Waals surface area contributed by atoms with Crippen molar-refractivity contribution < 1.29 is 19.0 Å². The van der Waals surface area contributed by atoms with E-state index in [1.54, 1.807) is 38.6 Å². The number of benzene rings is 1. The average Bonchev–Trinajstić information content (AvgIpc) is 3.17. The number of fused-ring (bicyclic) bond motifs is 2. The number of nitrogens with zero attached hydrogens (tertiary/aromatic N) is 2. The molecule has 3 aromatic heterocycles. The van der Waals surface area contributed by atoms with E-state index in [1.807, 2.05) is 18.2 Å². The first kappa shape index (κ1) is 20.1. The lowest BCUT2D eigenvalue weighted by Gasteiger charge is -2.16. The molecule has 0 saturated heterocycles. The number of carbonyl (C=O) groups excluding carboxylic acids is 1. The van der Waals surface area contributed by atoms with Gasteiger partial charge in [0.05, 0.1) is 48.4 Å². The molecular formula is C23H19ClN4O4. The van der Waals surface area contributed by atoms with Crippen molar-refractivity contribution in [3.05, 3.63) is 58.9 Å². The largest absolute Gasteiger partial charge is 0.493 e. The molecule has 162 valence electrons. The predicted molar refractivity (Wildman–Crippen MR) is 121 cm³/mol. The second-order valence-corrected chi connectivity index (χ2v) is 7.55. The van der Waals surface area contributed by atoms with Gasteiger partial charge in [0, 0.05) is 29.9 Å². The van der Waals surface area contributed by atoms with Gasteiger partial charge in [0.25, 0.3) is 0 Å². The maximum absolute atomic E-state index is 12.7. The quantitative estimate of drug-likeness (QED) is 0.423. The molecule has 32 heavy (non-hydrogen) atoms. The standard InChI is InChI=1S/C23H19ClN4O4/c1-30-17-7-6-15-19(28-17)12(8-10-25-15)20-21(18-14(26-20)9-11-32-23(18)29)27-16-5-3-4-13(24)22(16)31-2/h3-8,10,26-27H,9,11H2,1-2H3. The van der Waals surface area contributed by atoms with Crippen LogP contribution in [0.1, 0.15) is 16.1 Å². The van der Waals surface area contributed by atoms with Gasteiger partial charge in [-0.05, 0) is 24.3 Å². The van der Waals surface area contributed by atoms with Crippen LogP contribution in [-0.2, 0) is 11.2 Å². The molecular weight excluding hydrogens is 432 g/mol. The Kier molecular flexibility index (Phi) is 5.07. The van der Waals surface area contributed by atoms with Crippen molar-refractivity contribution in [2.24, 2.45) is 0 Å². The highest BCUT2D eigenvalue weighted by atomic mass is 35.5. The van der Waals surface area contributed by atoms with Gasteiger partial charge < -0.3 is 24.5 Å². The van der Waals surface area contributed by atoms with Crippen molar-refractivity contribution >= 4 is 40.0 Å². The summed E-state index contributed by atoms with van der Waals surface area (Å²) in [6, 6.07) is 10.8. The third-order valence-corrected chi connectivity index (χ3v) is 5.63. The minimum Gasteiger partial charge on any atom is -0.493 e. The number of halogens is 1. The number of nitrogens with one attached hydrogen (secondary N) is 2. The molecule has 0 aliphatic carbocycles. The number of methoxy groups -OCH3 is 2. The Morgan fingerprint density at radius 3 is 2.84 bits per heavy atom. The van der Waals surface area contributed by atoms with Crippen molar-refractivity contribution in [3.8, 4) is 22.9 Å². The van der Waals surface area contributed by atoms with E-state index in [2.05, 4.69) is 20.3 Å². The number of carbonyl (C=O) groups is 1. The number of cyclic esters (lactones) is 1. The van der Waals surface area contributed by atoms with Crippen LogP contribution >= 0.6 is 11.6 Å². The van der Waals surface area contributed by atoms with E-state index in [0.717, 1.165) is 11.3 Å². The lowest BCUT2D eigenvalue weighted by Crippen LogP contribution is -2.17. The van der Waals surface area contributed by atoms with Crippen LogP contribution in [0.25, 0.3) is 22.3 Å². The number of anilines is 2. The molecule has 0 unspecified atom stereocenters. The molecule has 0 saturated carbocycles. The predicted octanol–water partition coefficient (Wildman–Crippen LogP) is 4.75. The SMILES string of the molecule is COc1ccc2nccc(-c3[nH]c4c(c3Nc3cccc(Cl)c3OC)C(=O)OCC4)c2n1. The van der Waals surface area contributed by atoms with Crippen molar-refractivity contribution in [2.75, 3.05) is 26.1 Å². The summed E-state index contributed by atoms with van der Waals surface area (Å²) in [5.41, 5.74) is 5.19. The highest BCUT2D eigenvalue weighted by Crippen LogP contribution is 2.42. The smallest absolute Gasteiger partial charge is 0.342 e. The highest BCUT2D eigenvalue weighted by molar-refractivity contribution is 6.32. The zero-order valence-corrected chi connectivity index (χ0v) is 18.1. The van der Waals surface area contributed by atoms with Gasteiger partial charge in [0.1, 0.15) is 11.1 Å². The number of aromatic nitrogens is 3. The van der Waals surface area contributed by atoms with E-state index in [9.17, 15) is 4.79 Å². The molecule has 1 aliphatic heterocycles. The van der Waals surface area contributed by atoms with Crippen molar-refractivity contribution in [2.45, 2.75) is 6.42 Å². The molecule has 0 amide bonds. The summed E-state index contributed by atoms with van der Waals surface area (Å²) in [5.74, 6) is 0.535. The van der Waals surface area contributed by atoms with E-state index in [-0.39, 0.29) is 0 Å². The summed E-state index contributed by atoms with van der Waals surface area (Å²) < 4.78 is 16.1. The van der Waals surface area contributed by atoms with Crippen LogP contribution in [-0.4, -0.2) is 41.7 Å². The molecule has 0 fully saturated rings. The van der Waals surface area contributed by atoms with Crippen LogP contribution in [0, 0.1) is 0 Å². The van der Waals surface area contributed by atoms with Gasteiger partial charge in [0.15, 0.2) is 5.75 Å². The first-order valence-electron chi connectivity index (χ1n) is 9.92. The van der Waals surface area contributed by atoms with Gasteiger partial charge in [-0.25, -0.2) is 9.78 Å². The van der Waals surface area contributed by atoms with Gasteiger partial charge in [-0.3, -0.25) is 4.98 Å². The molecule has 1 aliphatic rings. The number of pyridine rings is 2. The minimum absolute atomic E-state index is 0.314. The van der Waals surface area contributed by atoms with Gasteiger partial charge in [-0.2, -0.15) is 0 Å². The Bertz CT molecular complexity index is 1350. The molecule has 1 aromatic carbocycles. The zero-order valence-electron chi connectivity index (χ0n) is 17.4. The fourth-order valence-corrected chi connectivity index (χ4v) is 4.13. The molecule has 2 N–H and O–H groups in total. The Labute approximate surface area is 188 Å². The van der Waals surface area contributed by atoms with Crippen LogP contribution in [0.2, 0.25) is 5.02 Å². The first-order chi connectivity index (χ1) is 15.6. The van der Waals surface area contributed by atoms with Gasteiger partial charge in [0.2, 0.25) is 5.88 Å². The molecule has 4 heterocycles. The van der Waals surface area contributed by atoms with E-state index < -0.39 is 5.97 Å². The monoisotopic (exact) mass is 450 g/mol. The van der Waals surface area contributed by atoms with E-state index >= 15 is 0 Å². The average molecular weight is 451 g/mol. The Hall–Kier alpha value is -3.78. The van der Waals surface area contributed by atoms with Gasteiger partial charge in [-0.1, -0.05) is 17.7 Å². The van der Waals surface area contributed by atoms with Crippen LogP contribution < -0.4 is 14.8 Å². The number of para-hydroxylation sites is 1. The summed E-state index contributed by atoms with van der Waals surface area (Å²) >= 11 is 6.31. The molecule has 0 spiro atoms. The van der Waals surface area contributed by atoms with Crippen molar-refractivity contribution in [3.63, 3.8) is 0 Å². The topological polar surface area (TPSA) is 98.4 Å². The number of rotatable bonds is 5. The number of aromatic amines is 1. The van der Waals surface area contributed by atoms with Crippen LogP contribution in [0.3, 0.4) is 0 Å². The molecule has 0 atom stereocenters. The molecule has 9 heteroatoms. The number of H-pyrrole nitrogens is 1. The molecule has 0 radical (unpaired) electrons. The number of ether oxygens (including phenoxy) is 3. The lowest BCUT2D eigenvalue weighted by atomic mass is 10.1. The normalized spacial score (nSPS) is 12.9. The Morgan fingerprint density at radius 1 is 1.16 bits per heavy atom. The van der Waals surface area contributed by atoms with E-state index in [4.69, 9.17) is 25.8 Å². The maximum atomic E-state index is 12.7. The number of esters is 1. The minimum atomic E-state index is -0.402. The lowest BCUT2D eigenvalue weighted by molar-refractivity contribution is 0.0480. The van der Waals surface area contributed by atoms with Crippen LogP contribution in [0.4, 0.5) is 11.4 Å². The molecule has 5 rings (SSSR count). The first-order valence-corrected chi connectivity index (χ1v) is 10.3. The zero-order chi connectivity index (χ0) is 22.2. The second-order valence-electron chi connectivity index (χ2n) is 7.14. The second kappa shape index (κ2) is 8.05. The van der Waals surface area contributed by atoms with Gasteiger partial charge in [-0.15, -0.1) is 0 Å². The fourth-order valence-electron chi connectivity index (χ4n) is 3.88. The van der Waals surface area contributed by atoms with E-state index in [0.29, 0.717) is 63.3 Å².